The normalized spacial score (nSPS) is 10.7. The van der Waals surface area contributed by atoms with Gasteiger partial charge in [0.25, 0.3) is 11.5 Å². The number of halogens is 2. The highest BCUT2D eigenvalue weighted by molar-refractivity contribution is 9.10. The summed E-state index contributed by atoms with van der Waals surface area (Å²) in [6.07, 6.45) is 1.17. The van der Waals surface area contributed by atoms with E-state index in [1.54, 1.807) is 6.07 Å². The molecule has 0 saturated heterocycles. The SMILES string of the molecule is O=C(NN=Cc1cc(Br)ccc1F)c1ccc(=O)[nH]n1. The summed E-state index contributed by atoms with van der Waals surface area (Å²) in [6.45, 7) is 0. The summed E-state index contributed by atoms with van der Waals surface area (Å²) in [6, 6.07) is 6.76. The second kappa shape index (κ2) is 6.20. The molecule has 1 aromatic carbocycles. The molecule has 2 aromatic rings. The fraction of sp³-hybridized carbons (Fsp3) is 0. The van der Waals surface area contributed by atoms with Crippen molar-refractivity contribution >= 4 is 28.1 Å². The number of hydrazone groups is 1. The number of rotatable bonds is 3. The van der Waals surface area contributed by atoms with Gasteiger partial charge in [-0.3, -0.25) is 9.59 Å². The highest BCUT2D eigenvalue weighted by Crippen LogP contribution is 2.13. The zero-order valence-corrected chi connectivity index (χ0v) is 11.5. The fourth-order valence-electron chi connectivity index (χ4n) is 1.30. The molecule has 0 aliphatic heterocycles. The lowest BCUT2D eigenvalue weighted by molar-refractivity contribution is 0.0949. The van der Waals surface area contributed by atoms with Crippen molar-refractivity contribution in [2.45, 2.75) is 0 Å². The molecule has 0 aliphatic rings. The lowest BCUT2D eigenvalue weighted by Crippen LogP contribution is -2.21. The van der Waals surface area contributed by atoms with E-state index in [1.807, 2.05) is 0 Å². The van der Waals surface area contributed by atoms with Crippen LogP contribution in [0.2, 0.25) is 0 Å². The maximum Gasteiger partial charge on any atom is 0.291 e. The number of H-pyrrole nitrogens is 1. The molecule has 2 rings (SSSR count). The van der Waals surface area contributed by atoms with Gasteiger partial charge in [-0.2, -0.15) is 10.2 Å². The lowest BCUT2D eigenvalue weighted by atomic mass is 10.2. The van der Waals surface area contributed by atoms with Crippen LogP contribution in [0.4, 0.5) is 4.39 Å². The van der Waals surface area contributed by atoms with Gasteiger partial charge in [0.2, 0.25) is 0 Å². The highest BCUT2D eigenvalue weighted by Gasteiger charge is 2.05. The molecule has 102 valence electrons. The second-order valence-electron chi connectivity index (χ2n) is 3.67. The summed E-state index contributed by atoms with van der Waals surface area (Å²) in [5.74, 6) is -1.08. The first kappa shape index (κ1) is 14.1. The molecule has 6 nitrogen and oxygen atoms in total. The third-order valence-electron chi connectivity index (χ3n) is 2.24. The number of amides is 1. The summed E-state index contributed by atoms with van der Waals surface area (Å²) in [5.41, 5.74) is 1.98. The first-order valence-corrected chi connectivity index (χ1v) is 6.20. The van der Waals surface area contributed by atoms with Crippen LogP contribution in [0, 0.1) is 5.82 Å². The predicted octanol–water partition coefficient (Wildman–Crippen LogP) is 1.44. The van der Waals surface area contributed by atoms with Crippen molar-refractivity contribution in [2.75, 3.05) is 0 Å². The van der Waals surface area contributed by atoms with E-state index < -0.39 is 17.3 Å². The number of hydrogen-bond acceptors (Lipinski definition) is 4. The zero-order valence-electron chi connectivity index (χ0n) is 9.93. The highest BCUT2D eigenvalue weighted by atomic mass is 79.9. The summed E-state index contributed by atoms with van der Waals surface area (Å²) >= 11 is 3.20. The molecule has 0 spiro atoms. The number of carbonyl (C=O) groups is 1. The Morgan fingerprint density at radius 1 is 1.40 bits per heavy atom. The Morgan fingerprint density at radius 3 is 2.90 bits per heavy atom. The third-order valence-corrected chi connectivity index (χ3v) is 2.73. The van der Waals surface area contributed by atoms with Crippen molar-refractivity contribution < 1.29 is 9.18 Å². The van der Waals surface area contributed by atoms with Crippen LogP contribution in [0.25, 0.3) is 0 Å². The topological polar surface area (TPSA) is 87.2 Å². The van der Waals surface area contributed by atoms with E-state index >= 15 is 0 Å². The Bertz CT molecular complexity index is 709. The fourth-order valence-corrected chi connectivity index (χ4v) is 1.68. The van der Waals surface area contributed by atoms with Gasteiger partial charge >= 0.3 is 0 Å². The summed E-state index contributed by atoms with van der Waals surface area (Å²) in [7, 11) is 0. The maximum atomic E-state index is 13.4. The van der Waals surface area contributed by atoms with E-state index in [0.717, 1.165) is 0 Å². The number of nitrogens with one attached hydrogen (secondary N) is 2. The van der Waals surface area contributed by atoms with Gasteiger partial charge in [-0.25, -0.2) is 14.9 Å². The summed E-state index contributed by atoms with van der Waals surface area (Å²) in [5, 5.41) is 9.28. The number of carbonyl (C=O) groups excluding carboxylic acids is 1. The molecule has 0 radical (unpaired) electrons. The van der Waals surface area contributed by atoms with E-state index in [0.29, 0.717) is 4.47 Å². The van der Waals surface area contributed by atoms with Crippen molar-refractivity contribution in [3.05, 3.63) is 62.2 Å². The summed E-state index contributed by atoms with van der Waals surface area (Å²) < 4.78 is 14.1. The molecule has 2 N–H and O–H groups in total. The van der Waals surface area contributed by atoms with E-state index in [4.69, 9.17) is 0 Å². The van der Waals surface area contributed by atoms with Gasteiger partial charge in [-0.05, 0) is 24.3 Å². The molecule has 0 unspecified atom stereocenters. The standard InChI is InChI=1S/C12H8BrFN4O2/c13-8-1-2-9(14)7(5-8)6-15-18-12(20)10-3-4-11(19)17-16-10/h1-6H,(H,17,19)(H,18,20). The number of hydrogen-bond donors (Lipinski definition) is 2. The van der Waals surface area contributed by atoms with Crippen LogP contribution < -0.4 is 11.0 Å². The van der Waals surface area contributed by atoms with E-state index in [-0.39, 0.29) is 11.3 Å². The molecule has 20 heavy (non-hydrogen) atoms. The number of aromatic amines is 1. The molecule has 0 saturated carbocycles. The average Bonchev–Trinajstić information content (AvgIpc) is 2.43. The molecular formula is C12H8BrFN4O2. The Morgan fingerprint density at radius 2 is 2.20 bits per heavy atom. The van der Waals surface area contributed by atoms with Gasteiger partial charge in [0.15, 0.2) is 5.69 Å². The molecule has 8 heteroatoms. The minimum absolute atomic E-state index is 0.00327. The van der Waals surface area contributed by atoms with Crippen molar-refractivity contribution in [2.24, 2.45) is 5.10 Å². The minimum Gasteiger partial charge on any atom is -0.268 e. The van der Waals surface area contributed by atoms with Gasteiger partial charge in [0.05, 0.1) is 6.21 Å². The zero-order chi connectivity index (χ0) is 14.5. The molecule has 1 aromatic heterocycles. The van der Waals surface area contributed by atoms with Crippen molar-refractivity contribution in [1.82, 2.24) is 15.6 Å². The molecule has 0 bridgehead atoms. The first-order valence-electron chi connectivity index (χ1n) is 5.40. The van der Waals surface area contributed by atoms with Crippen LogP contribution in [0.15, 0.2) is 44.7 Å². The molecular weight excluding hydrogens is 331 g/mol. The van der Waals surface area contributed by atoms with Crippen LogP contribution in [0.1, 0.15) is 16.1 Å². The van der Waals surface area contributed by atoms with Gasteiger partial charge < -0.3 is 0 Å². The molecule has 1 heterocycles. The van der Waals surface area contributed by atoms with Crippen LogP contribution in [-0.2, 0) is 0 Å². The molecule has 1 amide bonds. The maximum absolute atomic E-state index is 13.4. The van der Waals surface area contributed by atoms with Gasteiger partial charge in [0.1, 0.15) is 5.82 Å². The smallest absolute Gasteiger partial charge is 0.268 e. The van der Waals surface area contributed by atoms with Crippen molar-refractivity contribution in [3.63, 3.8) is 0 Å². The van der Waals surface area contributed by atoms with Crippen LogP contribution in [0.5, 0.6) is 0 Å². The minimum atomic E-state index is -0.618. The number of nitrogens with zero attached hydrogens (tertiary/aromatic N) is 2. The van der Waals surface area contributed by atoms with Gasteiger partial charge in [-0.15, -0.1) is 0 Å². The van der Waals surface area contributed by atoms with Crippen LogP contribution in [0.3, 0.4) is 0 Å². The van der Waals surface area contributed by atoms with Crippen molar-refractivity contribution in [3.8, 4) is 0 Å². The van der Waals surface area contributed by atoms with E-state index in [9.17, 15) is 14.0 Å². The Kier molecular flexibility index (Phi) is 4.36. The molecule has 0 aliphatic carbocycles. The Balaban J connectivity index is 2.06. The molecule has 0 fully saturated rings. The van der Waals surface area contributed by atoms with E-state index in [2.05, 4.69) is 36.7 Å². The van der Waals surface area contributed by atoms with Gasteiger partial charge in [0, 0.05) is 16.1 Å². The average molecular weight is 339 g/mol. The van der Waals surface area contributed by atoms with Gasteiger partial charge in [-0.1, -0.05) is 15.9 Å². The predicted molar refractivity (Wildman–Crippen MR) is 74.0 cm³/mol. The van der Waals surface area contributed by atoms with E-state index in [1.165, 1.54) is 30.5 Å². The second-order valence-corrected chi connectivity index (χ2v) is 4.59. The Hall–Kier alpha value is -2.35. The monoisotopic (exact) mass is 338 g/mol. The third kappa shape index (κ3) is 3.58. The number of aromatic nitrogens is 2. The largest absolute Gasteiger partial charge is 0.291 e. The Labute approximate surface area is 120 Å². The van der Waals surface area contributed by atoms with Crippen LogP contribution in [-0.4, -0.2) is 22.3 Å². The first-order chi connectivity index (χ1) is 9.56. The molecule has 0 atom stereocenters. The lowest BCUT2D eigenvalue weighted by Gasteiger charge is -1.99. The summed E-state index contributed by atoms with van der Waals surface area (Å²) in [4.78, 5) is 22.4. The number of benzene rings is 1. The van der Waals surface area contributed by atoms with Crippen molar-refractivity contribution in [1.29, 1.82) is 0 Å². The quantitative estimate of drug-likeness (QED) is 0.655. The van der Waals surface area contributed by atoms with Crippen LogP contribution >= 0.6 is 15.9 Å².